The summed E-state index contributed by atoms with van der Waals surface area (Å²) in [7, 11) is 2.00. The Balaban J connectivity index is 1.92. The minimum atomic E-state index is -0.762. The van der Waals surface area contributed by atoms with Crippen LogP contribution in [0.25, 0.3) is 0 Å². The number of hydrogen-bond donors (Lipinski definition) is 2. The van der Waals surface area contributed by atoms with Gasteiger partial charge in [0.2, 0.25) is 0 Å². The predicted octanol–water partition coefficient (Wildman–Crippen LogP) is 3.26. The Labute approximate surface area is 141 Å². The molecule has 0 aliphatic heterocycles. The Bertz CT molecular complexity index is 641. The molecule has 1 atom stereocenters. The molecule has 0 bridgehead atoms. The summed E-state index contributed by atoms with van der Waals surface area (Å²) in [5.74, 6) is -0.205. The minimum absolute atomic E-state index is 0.150. The topological polar surface area (TPSA) is 52.6 Å². The van der Waals surface area contributed by atoms with Gasteiger partial charge in [0.15, 0.2) is 0 Å². The molecule has 0 spiro atoms. The summed E-state index contributed by atoms with van der Waals surface area (Å²) < 4.78 is 0. The van der Waals surface area contributed by atoms with Crippen LogP contribution >= 0.6 is 11.6 Å². The molecule has 0 radical (unpaired) electrons. The Morgan fingerprint density at radius 1 is 1.17 bits per heavy atom. The smallest absolute Gasteiger partial charge is 0.251 e. The molecule has 0 aliphatic rings. The van der Waals surface area contributed by atoms with Crippen LogP contribution in [0.4, 0.5) is 5.69 Å². The van der Waals surface area contributed by atoms with Gasteiger partial charge in [-0.1, -0.05) is 23.7 Å². The molecule has 1 unspecified atom stereocenters. The first-order chi connectivity index (χ1) is 11.0. The highest BCUT2D eigenvalue weighted by Crippen LogP contribution is 2.16. The number of hydrogen-bond acceptors (Lipinski definition) is 3. The molecule has 0 aromatic heterocycles. The van der Waals surface area contributed by atoms with E-state index in [9.17, 15) is 9.90 Å². The van der Waals surface area contributed by atoms with E-state index in [0.29, 0.717) is 10.6 Å². The summed E-state index contributed by atoms with van der Waals surface area (Å²) in [5.41, 5.74) is 2.35. The van der Waals surface area contributed by atoms with Crippen molar-refractivity contribution in [3.05, 3.63) is 64.7 Å². The van der Waals surface area contributed by atoms with Gasteiger partial charge in [0.1, 0.15) is 0 Å². The molecule has 1 amide bonds. The maximum atomic E-state index is 12.1. The van der Waals surface area contributed by atoms with Crippen molar-refractivity contribution in [2.75, 3.05) is 25.0 Å². The first-order valence-corrected chi connectivity index (χ1v) is 7.92. The average Bonchev–Trinajstić information content (AvgIpc) is 2.59. The molecule has 2 N–H and O–H groups in total. The second-order valence-corrected chi connectivity index (χ2v) is 5.77. The molecule has 2 aromatic rings. The molecule has 0 fully saturated rings. The van der Waals surface area contributed by atoms with Crippen molar-refractivity contribution < 1.29 is 9.90 Å². The summed E-state index contributed by atoms with van der Waals surface area (Å²) in [4.78, 5) is 14.2. The van der Waals surface area contributed by atoms with E-state index in [-0.39, 0.29) is 12.5 Å². The molecule has 122 valence electrons. The van der Waals surface area contributed by atoms with Gasteiger partial charge < -0.3 is 15.3 Å². The van der Waals surface area contributed by atoms with Crippen molar-refractivity contribution in [3.8, 4) is 0 Å². The number of nitrogens with zero attached hydrogens (tertiary/aromatic N) is 1. The number of aliphatic hydroxyl groups excluding tert-OH is 1. The van der Waals surface area contributed by atoms with Crippen molar-refractivity contribution >= 4 is 23.2 Å². The molecule has 2 aromatic carbocycles. The van der Waals surface area contributed by atoms with Crippen molar-refractivity contribution in [2.45, 2.75) is 13.0 Å². The number of aliphatic hydroxyl groups is 1. The lowest BCUT2D eigenvalue weighted by Gasteiger charge is -2.17. The number of halogens is 1. The van der Waals surface area contributed by atoms with Crippen molar-refractivity contribution in [3.63, 3.8) is 0 Å². The lowest BCUT2D eigenvalue weighted by Crippen LogP contribution is -2.28. The molecule has 23 heavy (non-hydrogen) atoms. The normalized spacial score (nSPS) is 11.8. The Morgan fingerprint density at radius 3 is 2.35 bits per heavy atom. The summed E-state index contributed by atoms with van der Waals surface area (Å²) in [5, 5.41) is 13.4. The first kappa shape index (κ1) is 17.3. The van der Waals surface area contributed by atoms with Crippen molar-refractivity contribution in [1.82, 2.24) is 5.32 Å². The molecule has 0 aliphatic carbocycles. The van der Waals surface area contributed by atoms with Gasteiger partial charge in [-0.25, -0.2) is 0 Å². The van der Waals surface area contributed by atoms with Gasteiger partial charge in [-0.15, -0.1) is 0 Å². The average molecular weight is 333 g/mol. The highest BCUT2D eigenvalue weighted by Gasteiger charge is 2.11. The number of rotatable bonds is 6. The van der Waals surface area contributed by atoms with Crippen LogP contribution in [0.3, 0.4) is 0 Å². The second-order valence-electron chi connectivity index (χ2n) is 5.34. The van der Waals surface area contributed by atoms with Crippen LogP contribution in [0.5, 0.6) is 0 Å². The number of amides is 1. The Morgan fingerprint density at radius 2 is 1.78 bits per heavy atom. The van der Waals surface area contributed by atoms with Gasteiger partial charge in [0.25, 0.3) is 5.91 Å². The predicted molar refractivity (Wildman–Crippen MR) is 94.1 cm³/mol. The van der Waals surface area contributed by atoms with E-state index in [1.54, 1.807) is 36.4 Å². The fourth-order valence-corrected chi connectivity index (χ4v) is 2.27. The highest BCUT2D eigenvalue weighted by molar-refractivity contribution is 6.30. The molecule has 5 heteroatoms. The molecule has 0 heterocycles. The third-order valence-corrected chi connectivity index (χ3v) is 4.01. The van der Waals surface area contributed by atoms with Crippen LogP contribution in [0.15, 0.2) is 48.5 Å². The summed E-state index contributed by atoms with van der Waals surface area (Å²) in [6.07, 6.45) is -0.762. The number of nitrogens with one attached hydrogen (secondary N) is 1. The lowest BCUT2D eigenvalue weighted by atomic mass is 10.1. The van der Waals surface area contributed by atoms with Crippen LogP contribution in [0.2, 0.25) is 5.02 Å². The molecule has 0 saturated heterocycles. The summed E-state index contributed by atoms with van der Waals surface area (Å²) >= 11 is 5.81. The molecular formula is C18H21ClN2O2. The second kappa shape index (κ2) is 7.99. The maximum absolute atomic E-state index is 12.1. The summed E-state index contributed by atoms with van der Waals surface area (Å²) in [6, 6.07) is 14.3. The Hall–Kier alpha value is -2.04. The van der Waals surface area contributed by atoms with E-state index < -0.39 is 6.10 Å². The van der Waals surface area contributed by atoms with Crippen molar-refractivity contribution in [2.24, 2.45) is 0 Å². The lowest BCUT2D eigenvalue weighted by molar-refractivity contribution is 0.0916. The summed E-state index contributed by atoms with van der Waals surface area (Å²) in [6.45, 7) is 3.12. The van der Waals surface area contributed by atoms with Crippen LogP contribution < -0.4 is 10.2 Å². The third kappa shape index (κ3) is 4.71. The molecule has 4 nitrogen and oxygen atoms in total. The number of benzene rings is 2. The molecule has 0 saturated carbocycles. The number of carbonyl (C=O) groups is 1. The van der Waals surface area contributed by atoms with Gasteiger partial charge in [-0.3, -0.25) is 4.79 Å². The van der Waals surface area contributed by atoms with Crippen LogP contribution in [-0.4, -0.2) is 31.2 Å². The van der Waals surface area contributed by atoms with E-state index in [1.807, 2.05) is 19.2 Å². The quantitative estimate of drug-likeness (QED) is 0.853. The molecule has 2 rings (SSSR count). The van der Waals surface area contributed by atoms with Gasteiger partial charge in [-0.2, -0.15) is 0 Å². The largest absolute Gasteiger partial charge is 0.387 e. The fourth-order valence-electron chi connectivity index (χ4n) is 2.14. The van der Waals surface area contributed by atoms with E-state index in [0.717, 1.165) is 17.8 Å². The SMILES string of the molecule is CCN(C)c1ccc(C(=O)NCC(O)c2ccc(Cl)cc2)cc1. The van der Waals surface area contributed by atoms with Crippen LogP contribution in [-0.2, 0) is 0 Å². The standard InChI is InChI=1S/C18H21ClN2O2/c1-3-21(2)16-10-6-14(7-11-16)18(23)20-12-17(22)13-4-8-15(19)9-5-13/h4-11,17,22H,3,12H2,1-2H3,(H,20,23). The van der Waals surface area contributed by atoms with E-state index in [1.165, 1.54) is 0 Å². The van der Waals surface area contributed by atoms with E-state index in [2.05, 4.69) is 17.1 Å². The third-order valence-electron chi connectivity index (χ3n) is 3.76. The van der Waals surface area contributed by atoms with E-state index in [4.69, 9.17) is 11.6 Å². The monoisotopic (exact) mass is 332 g/mol. The maximum Gasteiger partial charge on any atom is 0.251 e. The minimum Gasteiger partial charge on any atom is -0.387 e. The molecular weight excluding hydrogens is 312 g/mol. The zero-order valence-corrected chi connectivity index (χ0v) is 14.0. The zero-order chi connectivity index (χ0) is 16.8. The van der Waals surface area contributed by atoms with E-state index >= 15 is 0 Å². The van der Waals surface area contributed by atoms with Gasteiger partial charge in [0.05, 0.1) is 6.10 Å². The van der Waals surface area contributed by atoms with Gasteiger partial charge >= 0.3 is 0 Å². The number of anilines is 1. The van der Waals surface area contributed by atoms with Gasteiger partial charge in [0, 0.05) is 36.4 Å². The Kier molecular flexibility index (Phi) is 6.02. The van der Waals surface area contributed by atoms with Crippen LogP contribution in [0, 0.1) is 0 Å². The highest BCUT2D eigenvalue weighted by atomic mass is 35.5. The first-order valence-electron chi connectivity index (χ1n) is 7.54. The van der Waals surface area contributed by atoms with Gasteiger partial charge in [-0.05, 0) is 48.9 Å². The zero-order valence-electron chi connectivity index (χ0n) is 13.3. The number of carbonyl (C=O) groups excluding carboxylic acids is 1. The fraction of sp³-hybridized carbons (Fsp3) is 0.278. The van der Waals surface area contributed by atoms with Crippen LogP contribution in [0.1, 0.15) is 28.9 Å². The van der Waals surface area contributed by atoms with Crippen molar-refractivity contribution in [1.29, 1.82) is 0 Å².